The first-order chi connectivity index (χ1) is 17.4. The molecule has 1 aromatic carbocycles. The molecule has 4 rings (SSSR count). The third-order valence-corrected chi connectivity index (χ3v) is 7.88. The van der Waals surface area contributed by atoms with E-state index in [1.165, 1.54) is 11.1 Å². The van der Waals surface area contributed by atoms with Gasteiger partial charge >= 0.3 is 0 Å². The molecule has 4 nitrogen and oxygen atoms in total. The van der Waals surface area contributed by atoms with Crippen LogP contribution >= 0.6 is 11.6 Å². The fourth-order valence-corrected chi connectivity index (χ4v) is 6.22. The zero-order chi connectivity index (χ0) is 27.0. The smallest absolute Gasteiger partial charge is 0.204 e. The minimum absolute atomic E-state index is 0.0141. The number of nitrogens with one attached hydrogen (secondary N) is 1. The molecule has 1 heterocycles. The van der Waals surface area contributed by atoms with Gasteiger partial charge in [0.1, 0.15) is 18.0 Å². The highest BCUT2D eigenvalue weighted by molar-refractivity contribution is 6.31. The summed E-state index contributed by atoms with van der Waals surface area (Å²) >= 11 is 6.16. The lowest BCUT2D eigenvalue weighted by Crippen LogP contribution is -2.31. The molecule has 0 spiro atoms. The van der Waals surface area contributed by atoms with Crippen molar-refractivity contribution in [1.29, 1.82) is 0 Å². The number of hydrogen-bond acceptors (Lipinski definition) is 3. The molecule has 0 fully saturated rings. The van der Waals surface area contributed by atoms with Crippen molar-refractivity contribution in [3.8, 4) is 0 Å². The molecule has 0 saturated carbocycles. The van der Waals surface area contributed by atoms with E-state index in [2.05, 4.69) is 43.6 Å². The van der Waals surface area contributed by atoms with Crippen LogP contribution in [0.3, 0.4) is 0 Å². The Balaban J connectivity index is 1.60. The first-order valence-electron chi connectivity index (χ1n) is 13.3. The number of rotatable bonds is 9. The van der Waals surface area contributed by atoms with Crippen LogP contribution in [-0.2, 0) is 9.47 Å². The van der Waals surface area contributed by atoms with Crippen LogP contribution in [0.2, 0.25) is 5.02 Å². The Labute approximate surface area is 226 Å². The summed E-state index contributed by atoms with van der Waals surface area (Å²) in [6.07, 6.45) is 9.66. The summed E-state index contributed by atoms with van der Waals surface area (Å²) in [6.45, 7) is 17.5. The van der Waals surface area contributed by atoms with Crippen molar-refractivity contribution in [3.05, 3.63) is 82.3 Å². The molecule has 0 radical (unpaired) electrons. The second-order valence-electron chi connectivity index (χ2n) is 11.7. The number of benzene rings is 1. The first kappa shape index (κ1) is 27.5. The predicted molar refractivity (Wildman–Crippen MR) is 153 cm³/mol. The number of aromatic nitrogens is 1. The molecular weight excluding hydrogens is 482 g/mol. The largest absolute Gasteiger partial charge is 0.491 e. The zero-order valence-corrected chi connectivity index (χ0v) is 23.8. The van der Waals surface area contributed by atoms with Crippen LogP contribution in [0.4, 0.5) is 0 Å². The van der Waals surface area contributed by atoms with E-state index in [9.17, 15) is 4.79 Å². The molecule has 3 atom stereocenters. The number of carbonyl (C=O) groups excluding carboxylic acids is 1. The lowest BCUT2D eigenvalue weighted by atomic mass is 9.70. The molecule has 198 valence electrons. The van der Waals surface area contributed by atoms with E-state index in [0.29, 0.717) is 35.6 Å². The SMILES string of the molecule is C=C(COC[C@@H]1C2=C(C=CCC2C)CC1(/C=C(/C)C(=O)c1cc2cc(Cl)ccc2[nH]1)CC)OC(C)(C)C. The lowest BCUT2D eigenvalue weighted by molar-refractivity contribution is 0.00639. The Morgan fingerprint density at radius 2 is 2.05 bits per heavy atom. The van der Waals surface area contributed by atoms with Crippen molar-refractivity contribution in [1.82, 2.24) is 4.98 Å². The fraction of sp³-hybridized carbons (Fsp3) is 0.469. The van der Waals surface area contributed by atoms with Crippen LogP contribution in [0.1, 0.15) is 71.3 Å². The third-order valence-electron chi connectivity index (χ3n) is 7.65. The summed E-state index contributed by atoms with van der Waals surface area (Å²) in [4.78, 5) is 16.8. The Morgan fingerprint density at radius 3 is 2.76 bits per heavy atom. The van der Waals surface area contributed by atoms with Crippen molar-refractivity contribution in [2.75, 3.05) is 13.2 Å². The zero-order valence-electron chi connectivity index (χ0n) is 23.0. The molecule has 0 amide bonds. The Hall–Kier alpha value is -2.56. The molecule has 0 saturated heterocycles. The second-order valence-corrected chi connectivity index (χ2v) is 12.1. The summed E-state index contributed by atoms with van der Waals surface area (Å²) in [5.41, 5.74) is 4.64. The van der Waals surface area contributed by atoms with E-state index >= 15 is 0 Å². The van der Waals surface area contributed by atoms with Crippen LogP contribution in [-0.4, -0.2) is 29.6 Å². The van der Waals surface area contributed by atoms with Gasteiger partial charge in [-0.3, -0.25) is 4.79 Å². The van der Waals surface area contributed by atoms with Crippen molar-refractivity contribution >= 4 is 28.3 Å². The molecule has 5 heteroatoms. The van der Waals surface area contributed by atoms with Crippen molar-refractivity contribution in [3.63, 3.8) is 0 Å². The molecule has 1 N–H and O–H groups in total. The second kappa shape index (κ2) is 10.7. The first-order valence-corrected chi connectivity index (χ1v) is 13.7. The average Bonchev–Trinajstić information content (AvgIpc) is 3.37. The summed E-state index contributed by atoms with van der Waals surface area (Å²) in [5.74, 6) is 1.30. The summed E-state index contributed by atoms with van der Waals surface area (Å²) in [7, 11) is 0. The van der Waals surface area contributed by atoms with Crippen LogP contribution in [0.15, 0.2) is 71.6 Å². The standard InChI is InChI=1S/C32H40ClNO3/c1-8-32(16-21(3)30(35)28-15-24-14-25(33)12-13-27(24)34-28)17-23-11-9-10-20(2)29(23)26(32)19-36-18-22(4)37-31(5,6)7/h9,11-16,20,26,34H,4,8,10,17-19H2,1-3,5-7H3/b21-16-/t20?,26-,32?/m1/s1. The maximum Gasteiger partial charge on any atom is 0.204 e. The van der Waals surface area contributed by atoms with Crippen molar-refractivity contribution in [2.45, 2.75) is 66.4 Å². The van der Waals surface area contributed by atoms with Crippen molar-refractivity contribution in [2.24, 2.45) is 17.3 Å². The minimum Gasteiger partial charge on any atom is -0.491 e. The maximum absolute atomic E-state index is 13.5. The van der Waals surface area contributed by atoms with Gasteiger partial charge in [-0.25, -0.2) is 0 Å². The van der Waals surface area contributed by atoms with E-state index in [-0.39, 0.29) is 22.7 Å². The number of hydrogen-bond donors (Lipinski definition) is 1. The molecule has 2 aliphatic carbocycles. The van der Waals surface area contributed by atoms with Crippen LogP contribution in [0.25, 0.3) is 10.9 Å². The number of ketones is 1. The highest BCUT2D eigenvalue weighted by Crippen LogP contribution is 2.55. The lowest BCUT2D eigenvalue weighted by Gasteiger charge is -2.36. The third kappa shape index (κ3) is 5.97. The average molecular weight is 522 g/mol. The van der Waals surface area contributed by atoms with E-state index in [4.69, 9.17) is 21.1 Å². The molecular formula is C32H40ClNO3. The number of carbonyl (C=O) groups is 1. The van der Waals surface area contributed by atoms with Crippen LogP contribution < -0.4 is 0 Å². The highest BCUT2D eigenvalue weighted by Gasteiger charge is 2.46. The van der Waals surface area contributed by atoms with Gasteiger partial charge < -0.3 is 14.5 Å². The van der Waals surface area contributed by atoms with Gasteiger partial charge in [-0.15, -0.1) is 0 Å². The fourth-order valence-electron chi connectivity index (χ4n) is 6.04. The molecule has 2 aromatic rings. The van der Waals surface area contributed by atoms with Crippen molar-refractivity contribution < 1.29 is 14.3 Å². The Bertz CT molecular complexity index is 1290. The number of allylic oxidation sites excluding steroid dienone is 5. The number of halogens is 1. The molecule has 0 bridgehead atoms. The minimum atomic E-state index is -0.298. The molecule has 2 unspecified atom stereocenters. The summed E-state index contributed by atoms with van der Waals surface area (Å²) in [5, 5.41) is 1.60. The molecule has 37 heavy (non-hydrogen) atoms. The maximum atomic E-state index is 13.5. The monoisotopic (exact) mass is 521 g/mol. The predicted octanol–water partition coefficient (Wildman–Crippen LogP) is 8.60. The summed E-state index contributed by atoms with van der Waals surface area (Å²) < 4.78 is 12.1. The van der Waals surface area contributed by atoms with Gasteiger partial charge in [-0.05, 0) is 88.3 Å². The van der Waals surface area contributed by atoms with Gasteiger partial charge in [0.2, 0.25) is 5.78 Å². The van der Waals surface area contributed by atoms with Gasteiger partial charge in [0.25, 0.3) is 0 Å². The van der Waals surface area contributed by atoms with Gasteiger partial charge in [0.15, 0.2) is 0 Å². The van der Waals surface area contributed by atoms with Crippen LogP contribution in [0.5, 0.6) is 0 Å². The van der Waals surface area contributed by atoms with E-state index in [1.807, 2.05) is 52.0 Å². The van der Waals surface area contributed by atoms with E-state index in [1.54, 1.807) is 0 Å². The van der Waals surface area contributed by atoms with Gasteiger partial charge in [-0.2, -0.15) is 0 Å². The Kier molecular flexibility index (Phi) is 7.92. The number of Topliss-reactive ketones (excluding diaryl/α,β-unsaturated/α-hetero) is 1. The number of aromatic amines is 1. The molecule has 1 aromatic heterocycles. The summed E-state index contributed by atoms with van der Waals surface area (Å²) in [6, 6.07) is 7.51. The quantitative estimate of drug-likeness (QED) is 0.204. The number of H-pyrrole nitrogens is 1. The molecule has 0 aliphatic heterocycles. The number of ether oxygens (including phenoxy) is 2. The van der Waals surface area contributed by atoms with E-state index in [0.717, 1.165) is 35.7 Å². The van der Waals surface area contributed by atoms with Gasteiger partial charge in [-0.1, -0.05) is 55.8 Å². The van der Waals surface area contributed by atoms with Gasteiger partial charge in [0, 0.05) is 27.3 Å². The highest BCUT2D eigenvalue weighted by atomic mass is 35.5. The Morgan fingerprint density at radius 1 is 1.30 bits per heavy atom. The topological polar surface area (TPSA) is 51.3 Å². The van der Waals surface area contributed by atoms with E-state index < -0.39 is 0 Å². The normalized spacial score (nSPS) is 24.0. The van der Waals surface area contributed by atoms with Crippen LogP contribution in [0, 0.1) is 17.3 Å². The molecule has 2 aliphatic rings. The number of fused-ring (bicyclic) bond motifs is 1. The van der Waals surface area contributed by atoms with Gasteiger partial charge in [0.05, 0.1) is 12.3 Å².